The van der Waals surface area contributed by atoms with Crippen LogP contribution in [-0.2, 0) is 4.74 Å². The number of methoxy groups -OCH3 is 1. The van der Waals surface area contributed by atoms with Crippen molar-refractivity contribution in [2.24, 2.45) is 0 Å². The van der Waals surface area contributed by atoms with E-state index < -0.39 is 0 Å². The van der Waals surface area contributed by atoms with Crippen LogP contribution in [0.1, 0.15) is 47.5 Å². The standard InChI is InChI=1S/C10H21NO.C2H6/c1-5-9-10(12-4)6-7-11(9)8(2)3;1-2/h8-10H,5-7H2,1-4H3;1-2H3. The second-order valence-corrected chi connectivity index (χ2v) is 3.87. The zero-order valence-corrected chi connectivity index (χ0v) is 10.7. The molecule has 1 aliphatic heterocycles. The first-order chi connectivity index (χ1) is 6.70. The maximum atomic E-state index is 5.45. The lowest BCUT2D eigenvalue weighted by Crippen LogP contribution is -2.39. The van der Waals surface area contributed by atoms with Gasteiger partial charge < -0.3 is 4.74 Å². The average molecular weight is 201 g/mol. The van der Waals surface area contributed by atoms with Crippen LogP contribution < -0.4 is 0 Å². The van der Waals surface area contributed by atoms with Gasteiger partial charge in [0.25, 0.3) is 0 Å². The first-order valence-electron chi connectivity index (χ1n) is 5.99. The zero-order chi connectivity index (χ0) is 11.1. The Morgan fingerprint density at radius 1 is 1.36 bits per heavy atom. The molecule has 86 valence electrons. The molecule has 1 heterocycles. The van der Waals surface area contributed by atoms with Crippen molar-refractivity contribution in [3.05, 3.63) is 0 Å². The van der Waals surface area contributed by atoms with E-state index in [1.54, 1.807) is 0 Å². The van der Waals surface area contributed by atoms with Crippen LogP contribution in [0.2, 0.25) is 0 Å². The Bertz CT molecular complexity index is 136. The van der Waals surface area contributed by atoms with Gasteiger partial charge in [-0.2, -0.15) is 0 Å². The van der Waals surface area contributed by atoms with Crippen LogP contribution in [0.25, 0.3) is 0 Å². The van der Waals surface area contributed by atoms with Gasteiger partial charge in [0.1, 0.15) is 0 Å². The van der Waals surface area contributed by atoms with Gasteiger partial charge in [-0.3, -0.25) is 4.90 Å². The van der Waals surface area contributed by atoms with Crippen molar-refractivity contribution in [2.75, 3.05) is 13.7 Å². The van der Waals surface area contributed by atoms with E-state index in [1.165, 1.54) is 19.4 Å². The summed E-state index contributed by atoms with van der Waals surface area (Å²) in [5, 5.41) is 0. The SMILES string of the molecule is CC.CCC1C(OC)CCN1C(C)C. The van der Waals surface area contributed by atoms with Crippen LogP contribution in [0, 0.1) is 0 Å². The molecule has 0 aromatic carbocycles. The third kappa shape index (κ3) is 3.25. The number of likely N-dealkylation sites (tertiary alicyclic amines) is 1. The monoisotopic (exact) mass is 201 g/mol. The second-order valence-electron chi connectivity index (χ2n) is 3.87. The van der Waals surface area contributed by atoms with E-state index >= 15 is 0 Å². The van der Waals surface area contributed by atoms with Crippen molar-refractivity contribution in [1.82, 2.24) is 4.90 Å². The molecule has 2 atom stereocenters. The highest BCUT2D eigenvalue weighted by Crippen LogP contribution is 2.24. The molecule has 2 heteroatoms. The summed E-state index contributed by atoms with van der Waals surface area (Å²) < 4.78 is 5.45. The quantitative estimate of drug-likeness (QED) is 0.696. The first-order valence-corrected chi connectivity index (χ1v) is 5.99. The van der Waals surface area contributed by atoms with Crippen LogP contribution in [0.3, 0.4) is 0 Å². The van der Waals surface area contributed by atoms with E-state index in [1.807, 2.05) is 21.0 Å². The number of rotatable bonds is 3. The van der Waals surface area contributed by atoms with Crippen LogP contribution in [0.15, 0.2) is 0 Å². The Balaban J connectivity index is 0.000000791. The summed E-state index contributed by atoms with van der Waals surface area (Å²) in [5.41, 5.74) is 0. The summed E-state index contributed by atoms with van der Waals surface area (Å²) in [6, 6.07) is 1.31. The van der Waals surface area contributed by atoms with E-state index in [0.717, 1.165) is 0 Å². The number of ether oxygens (including phenoxy) is 1. The molecule has 2 nitrogen and oxygen atoms in total. The molecule has 0 saturated carbocycles. The number of nitrogens with zero attached hydrogens (tertiary/aromatic N) is 1. The van der Waals surface area contributed by atoms with Gasteiger partial charge in [0.05, 0.1) is 6.10 Å². The van der Waals surface area contributed by atoms with Gasteiger partial charge in [-0.05, 0) is 26.7 Å². The topological polar surface area (TPSA) is 12.5 Å². The molecule has 14 heavy (non-hydrogen) atoms. The summed E-state index contributed by atoms with van der Waals surface area (Å²) in [4.78, 5) is 2.55. The second kappa shape index (κ2) is 7.24. The lowest BCUT2D eigenvalue weighted by Gasteiger charge is -2.29. The van der Waals surface area contributed by atoms with Gasteiger partial charge in [0, 0.05) is 25.7 Å². The lowest BCUT2D eigenvalue weighted by atomic mass is 10.1. The molecule has 1 rings (SSSR count). The van der Waals surface area contributed by atoms with Crippen molar-refractivity contribution in [3.8, 4) is 0 Å². The molecule has 0 spiro atoms. The Hall–Kier alpha value is -0.0800. The van der Waals surface area contributed by atoms with E-state index in [0.29, 0.717) is 18.2 Å². The van der Waals surface area contributed by atoms with Gasteiger partial charge in [0.15, 0.2) is 0 Å². The van der Waals surface area contributed by atoms with Crippen molar-refractivity contribution in [1.29, 1.82) is 0 Å². The highest BCUT2D eigenvalue weighted by atomic mass is 16.5. The van der Waals surface area contributed by atoms with Gasteiger partial charge in [-0.25, -0.2) is 0 Å². The minimum atomic E-state index is 0.470. The molecule has 0 N–H and O–H groups in total. The molecule has 2 unspecified atom stereocenters. The Morgan fingerprint density at radius 3 is 2.29 bits per heavy atom. The highest BCUT2D eigenvalue weighted by molar-refractivity contribution is 4.88. The average Bonchev–Trinajstić information content (AvgIpc) is 2.63. The summed E-state index contributed by atoms with van der Waals surface area (Å²) in [6.07, 6.45) is 2.88. The summed E-state index contributed by atoms with van der Waals surface area (Å²) >= 11 is 0. The van der Waals surface area contributed by atoms with E-state index in [4.69, 9.17) is 4.74 Å². The van der Waals surface area contributed by atoms with Crippen molar-refractivity contribution < 1.29 is 4.74 Å². The smallest absolute Gasteiger partial charge is 0.0738 e. The molecule has 0 aromatic rings. The third-order valence-electron chi connectivity index (χ3n) is 2.91. The van der Waals surface area contributed by atoms with Crippen molar-refractivity contribution in [3.63, 3.8) is 0 Å². The van der Waals surface area contributed by atoms with Crippen LogP contribution in [0.5, 0.6) is 0 Å². The Labute approximate surface area is 89.6 Å². The Morgan fingerprint density at radius 2 is 1.93 bits per heavy atom. The van der Waals surface area contributed by atoms with Crippen LogP contribution >= 0.6 is 0 Å². The highest BCUT2D eigenvalue weighted by Gasteiger charge is 2.33. The molecule has 0 aromatic heterocycles. The van der Waals surface area contributed by atoms with Crippen molar-refractivity contribution in [2.45, 2.75) is 65.6 Å². The summed E-state index contributed by atoms with van der Waals surface area (Å²) in [7, 11) is 1.83. The molecule has 1 aliphatic rings. The van der Waals surface area contributed by atoms with Gasteiger partial charge in [0.2, 0.25) is 0 Å². The fourth-order valence-corrected chi connectivity index (χ4v) is 2.26. The predicted molar refractivity (Wildman–Crippen MR) is 62.7 cm³/mol. The minimum absolute atomic E-state index is 0.470. The molecular formula is C12H27NO. The molecule has 0 aliphatic carbocycles. The van der Waals surface area contributed by atoms with E-state index in [9.17, 15) is 0 Å². The van der Waals surface area contributed by atoms with E-state index in [-0.39, 0.29) is 0 Å². The van der Waals surface area contributed by atoms with Gasteiger partial charge in [-0.1, -0.05) is 20.8 Å². The van der Waals surface area contributed by atoms with Crippen LogP contribution in [-0.4, -0.2) is 36.7 Å². The summed E-state index contributed by atoms with van der Waals surface area (Å²) in [5.74, 6) is 0. The normalized spacial score (nSPS) is 27.6. The fraction of sp³-hybridized carbons (Fsp3) is 1.00. The maximum Gasteiger partial charge on any atom is 0.0738 e. The molecule has 1 fully saturated rings. The lowest BCUT2D eigenvalue weighted by molar-refractivity contribution is 0.0557. The zero-order valence-electron chi connectivity index (χ0n) is 10.7. The third-order valence-corrected chi connectivity index (χ3v) is 2.91. The molecular weight excluding hydrogens is 174 g/mol. The summed E-state index contributed by atoms with van der Waals surface area (Å²) in [6.45, 7) is 12.0. The number of hydrogen-bond acceptors (Lipinski definition) is 2. The van der Waals surface area contributed by atoms with Crippen LogP contribution in [0.4, 0.5) is 0 Å². The fourth-order valence-electron chi connectivity index (χ4n) is 2.26. The maximum absolute atomic E-state index is 5.45. The van der Waals surface area contributed by atoms with Gasteiger partial charge >= 0.3 is 0 Å². The molecule has 0 amide bonds. The number of hydrogen-bond donors (Lipinski definition) is 0. The molecule has 0 radical (unpaired) electrons. The van der Waals surface area contributed by atoms with E-state index in [2.05, 4.69) is 25.7 Å². The largest absolute Gasteiger partial charge is 0.380 e. The van der Waals surface area contributed by atoms with Crippen molar-refractivity contribution >= 4 is 0 Å². The predicted octanol–water partition coefficient (Wildman–Crippen LogP) is 2.92. The Kier molecular flexibility index (Phi) is 7.20. The molecule has 0 bridgehead atoms. The first kappa shape index (κ1) is 13.9. The molecule has 1 saturated heterocycles. The minimum Gasteiger partial charge on any atom is -0.380 e. The van der Waals surface area contributed by atoms with Gasteiger partial charge in [-0.15, -0.1) is 0 Å².